The Kier molecular flexibility index (Phi) is 8.02. The van der Waals surface area contributed by atoms with E-state index in [1.165, 1.54) is 14.2 Å². The highest BCUT2D eigenvalue weighted by Crippen LogP contribution is 2.46. The highest BCUT2D eigenvalue weighted by molar-refractivity contribution is 6.41. The Hall–Kier alpha value is -3.59. The molecule has 0 saturated heterocycles. The molecule has 3 aromatic carbocycles. The van der Waals surface area contributed by atoms with E-state index in [4.69, 9.17) is 32.7 Å². The summed E-state index contributed by atoms with van der Waals surface area (Å²) in [5, 5.41) is 6.43. The van der Waals surface area contributed by atoms with Gasteiger partial charge in [-0.3, -0.25) is 14.6 Å². The highest BCUT2D eigenvalue weighted by Gasteiger charge is 2.23. The third-order valence-corrected chi connectivity index (χ3v) is 6.50. The predicted octanol–water partition coefficient (Wildman–Crippen LogP) is 4.87. The van der Waals surface area contributed by atoms with Gasteiger partial charge in [-0.25, -0.2) is 0 Å². The van der Waals surface area contributed by atoms with Gasteiger partial charge >= 0.3 is 0 Å². The van der Waals surface area contributed by atoms with Crippen molar-refractivity contribution in [3.05, 3.63) is 75.3 Å². The van der Waals surface area contributed by atoms with Crippen molar-refractivity contribution in [1.82, 2.24) is 10.2 Å². The maximum absolute atomic E-state index is 12.9. The Labute approximate surface area is 225 Å². The molecule has 37 heavy (non-hydrogen) atoms. The van der Waals surface area contributed by atoms with E-state index in [0.717, 1.165) is 16.7 Å². The number of amidine groups is 1. The number of hydrogen-bond donors (Lipinski definition) is 2. The van der Waals surface area contributed by atoms with E-state index in [0.29, 0.717) is 50.7 Å². The van der Waals surface area contributed by atoms with Crippen LogP contribution in [0.5, 0.6) is 11.5 Å². The van der Waals surface area contributed by atoms with Crippen LogP contribution >= 0.6 is 23.2 Å². The van der Waals surface area contributed by atoms with E-state index in [-0.39, 0.29) is 18.4 Å². The molecule has 1 heterocycles. The van der Waals surface area contributed by atoms with Gasteiger partial charge in [-0.1, -0.05) is 35.3 Å². The van der Waals surface area contributed by atoms with Crippen molar-refractivity contribution in [2.24, 2.45) is 4.99 Å². The number of halogens is 2. The summed E-state index contributed by atoms with van der Waals surface area (Å²) in [6.07, 6.45) is 0. The number of ether oxygens (including phenoxy) is 2. The van der Waals surface area contributed by atoms with E-state index in [1.54, 1.807) is 35.2 Å². The molecule has 2 amide bonds. The average molecular weight is 541 g/mol. The molecule has 0 radical (unpaired) electrons. The molecule has 8 nitrogen and oxygen atoms in total. The van der Waals surface area contributed by atoms with E-state index in [1.807, 2.05) is 32.3 Å². The molecule has 4 rings (SSSR count). The van der Waals surface area contributed by atoms with Crippen LogP contribution in [0.25, 0.3) is 11.1 Å². The molecule has 192 valence electrons. The number of methoxy groups -OCH3 is 2. The first-order chi connectivity index (χ1) is 17.7. The van der Waals surface area contributed by atoms with Gasteiger partial charge in [0.05, 0.1) is 37.4 Å². The van der Waals surface area contributed by atoms with Crippen LogP contribution in [0.2, 0.25) is 10.0 Å². The maximum atomic E-state index is 12.9. The van der Waals surface area contributed by atoms with Gasteiger partial charge in [-0.15, -0.1) is 0 Å². The second kappa shape index (κ2) is 11.2. The number of likely N-dealkylation sites (N-methyl/N-ethyl adjacent to an activating group) is 1. The number of anilines is 1. The lowest BCUT2D eigenvalue weighted by molar-refractivity contribution is -0.116. The largest absolute Gasteiger partial charge is 0.495 e. The van der Waals surface area contributed by atoms with E-state index in [2.05, 4.69) is 15.6 Å². The number of amides is 2. The molecule has 0 bridgehead atoms. The zero-order chi connectivity index (χ0) is 26.7. The van der Waals surface area contributed by atoms with Crippen molar-refractivity contribution >= 4 is 46.5 Å². The maximum Gasteiger partial charge on any atom is 0.256 e. The lowest BCUT2D eigenvalue weighted by atomic mass is 9.99. The molecule has 0 atom stereocenters. The molecule has 1 aliphatic rings. The zero-order valence-electron chi connectivity index (χ0n) is 20.8. The van der Waals surface area contributed by atoms with E-state index >= 15 is 0 Å². The number of nitrogens with one attached hydrogen (secondary N) is 2. The fourth-order valence-corrected chi connectivity index (χ4v) is 4.70. The van der Waals surface area contributed by atoms with Crippen LogP contribution in [0.3, 0.4) is 0 Å². The Bertz CT molecular complexity index is 1360. The number of nitrogens with zero attached hydrogens (tertiary/aromatic N) is 2. The van der Waals surface area contributed by atoms with Gasteiger partial charge in [0.15, 0.2) is 0 Å². The standard InChI is InChI=1S/C27H26Cl2N4O4/c1-33(2)14-22(34)31-18-8-5-15(6-9-18)27(35)32-26-19-10-7-16(11-17(19)13-30-26)23-24(28)20(36-3)12-21(37-4)25(23)29/h5-12H,13-14H2,1-4H3,(H,31,34)(H,30,32,35). The van der Waals surface area contributed by atoms with Gasteiger partial charge in [-0.05, 0) is 55.6 Å². The SMILES string of the molecule is COc1cc(OC)c(Cl)c(-c2ccc3c(c2)CN=C3NC(=O)c2ccc(NC(=O)CN(C)C)cc2)c1Cl. The Balaban J connectivity index is 1.50. The highest BCUT2D eigenvalue weighted by atomic mass is 35.5. The van der Waals surface area contributed by atoms with Crippen molar-refractivity contribution in [2.45, 2.75) is 6.54 Å². The summed E-state index contributed by atoms with van der Waals surface area (Å²) in [5.74, 6) is 0.950. The summed E-state index contributed by atoms with van der Waals surface area (Å²) in [6, 6.07) is 14.0. The second-order valence-corrected chi connectivity index (χ2v) is 9.39. The molecule has 1 aliphatic heterocycles. The van der Waals surface area contributed by atoms with Crippen molar-refractivity contribution in [2.75, 3.05) is 40.2 Å². The summed E-state index contributed by atoms with van der Waals surface area (Å²) in [6.45, 7) is 0.666. The molecule has 0 aliphatic carbocycles. The van der Waals surface area contributed by atoms with Crippen molar-refractivity contribution in [3.63, 3.8) is 0 Å². The molecular weight excluding hydrogens is 515 g/mol. The first kappa shape index (κ1) is 26.5. The number of hydrogen-bond acceptors (Lipinski definition) is 6. The molecular formula is C27H26Cl2N4O4. The van der Waals surface area contributed by atoms with Gasteiger partial charge in [0.2, 0.25) is 5.91 Å². The lowest BCUT2D eigenvalue weighted by Crippen LogP contribution is -2.30. The fourth-order valence-electron chi connectivity index (χ4n) is 3.98. The molecule has 3 aromatic rings. The number of benzene rings is 3. The van der Waals surface area contributed by atoms with Crippen LogP contribution in [0.4, 0.5) is 5.69 Å². The number of carbonyl (C=O) groups excluding carboxylic acids is 2. The van der Waals surface area contributed by atoms with Crippen molar-refractivity contribution in [1.29, 1.82) is 0 Å². The van der Waals surface area contributed by atoms with Crippen LogP contribution in [-0.2, 0) is 11.3 Å². The van der Waals surface area contributed by atoms with Crippen molar-refractivity contribution < 1.29 is 19.1 Å². The van der Waals surface area contributed by atoms with Gasteiger partial charge in [0.25, 0.3) is 5.91 Å². The fraction of sp³-hybridized carbons (Fsp3) is 0.222. The third kappa shape index (κ3) is 5.72. The van der Waals surface area contributed by atoms with E-state index in [9.17, 15) is 9.59 Å². The summed E-state index contributed by atoms with van der Waals surface area (Å²) < 4.78 is 10.8. The molecule has 0 fully saturated rings. The predicted molar refractivity (Wildman–Crippen MR) is 146 cm³/mol. The number of rotatable bonds is 7. The Morgan fingerprint density at radius 3 is 2.19 bits per heavy atom. The van der Waals surface area contributed by atoms with Crippen molar-refractivity contribution in [3.8, 4) is 22.6 Å². The van der Waals surface area contributed by atoms with Crippen LogP contribution in [0.1, 0.15) is 21.5 Å². The molecule has 0 saturated carbocycles. The summed E-state index contributed by atoms with van der Waals surface area (Å²) in [7, 11) is 6.69. The first-order valence-electron chi connectivity index (χ1n) is 11.4. The molecule has 0 unspecified atom stereocenters. The zero-order valence-corrected chi connectivity index (χ0v) is 22.3. The second-order valence-electron chi connectivity index (χ2n) is 8.64. The topological polar surface area (TPSA) is 92.3 Å². The monoisotopic (exact) mass is 540 g/mol. The normalized spacial score (nSPS) is 12.1. The lowest BCUT2D eigenvalue weighted by Gasteiger charge is -2.15. The average Bonchev–Trinajstić information content (AvgIpc) is 3.26. The Morgan fingerprint density at radius 2 is 1.59 bits per heavy atom. The van der Waals surface area contributed by atoms with Gasteiger partial charge in [0, 0.05) is 28.4 Å². The minimum absolute atomic E-state index is 0.131. The first-order valence-corrected chi connectivity index (χ1v) is 12.1. The molecule has 0 aromatic heterocycles. The smallest absolute Gasteiger partial charge is 0.256 e. The van der Waals surface area contributed by atoms with Gasteiger partial charge in [0.1, 0.15) is 17.3 Å². The van der Waals surface area contributed by atoms with E-state index < -0.39 is 0 Å². The van der Waals surface area contributed by atoms with Crippen LogP contribution in [0.15, 0.2) is 53.5 Å². The van der Waals surface area contributed by atoms with Crippen LogP contribution in [0, 0.1) is 0 Å². The number of carbonyl (C=O) groups is 2. The Morgan fingerprint density at radius 1 is 0.946 bits per heavy atom. The molecule has 0 spiro atoms. The summed E-state index contributed by atoms with van der Waals surface area (Å²) in [4.78, 5) is 31.1. The van der Waals surface area contributed by atoms with Gasteiger partial charge < -0.3 is 25.0 Å². The number of fused-ring (bicyclic) bond motifs is 1. The summed E-state index contributed by atoms with van der Waals surface area (Å²) >= 11 is 13.2. The molecule has 10 heteroatoms. The summed E-state index contributed by atoms with van der Waals surface area (Å²) in [5.41, 5.74) is 4.16. The van der Waals surface area contributed by atoms with Crippen LogP contribution < -0.4 is 20.1 Å². The minimum atomic E-state index is -0.300. The van der Waals surface area contributed by atoms with Crippen LogP contribution in [-0.4, -0.2) is 57.4 Å². The third-order valence-electron chi connectivity index (χ3n) is 5.75. The minimum Gasteiger partial charge on any atom is -0.495 e. The molecule has 2 N–H and O–H groups in total. The number of aliphatic imine (C=N–C) groups is 1. The quantitative estimate of drug-likeness (QED) is 0.446. The van der Waals surface area contributed by atoms with Gasteiger partial charge in [-0.2, -0.15) is 0 Å².